The van der Waals surface area contributed by atoms with Crippen LogP contribution in [0.2, 0.25) is 0 Å². The van der Waals surface area contributed by atoms with Crippen molar-refractivity contribution in [3.63, 3.8) is 0 Å². The Morgan fingerprint density at radius 3 is 2.38 bits per heavy atom. The van der Waals surface area contributed by atoms with Crippen LogP contribution in [-0.4, -0.2) is 25.4 Å². The van der Waals surface area contributed by atoms with Gasteiger partial charge in [0, 0.05) is 24.9 Å². The van der Waals surface area contributed by atoms with E-state index in [9.17, 15) is 18.5 Å². The largest absolute Gasteiger partial charge is 0.388 e. The van der Waals surface area contributed by atoms with E-state index >= 15 is 0 Å². The standard InChI is InChI=1S/C12H10BrN3O4S/c1-14-8-6-11(13)15-12(7-8)21(19,20)10-4-2-9(3-5-10)16(17)18/h2-7H,1H3,(H,14,15). The number of sulfone groups is 1. The van der Waals surface area contributed by atoms with Gasteiger partial charge in [-0.2, -0.15) is 0 Å². The molecular weight excluding hydrogens is 362 g/mol. The van der Waals surface area contributed by atoms with E-state index in [0.717, 1.165) is 12.1 Å². The van der Waals surface area contributed by atoms with Crippen molar-refractivity contribution in [2.45, 2.75) is 9.92 Å². The van der Waals surface area contributed by atoms with E-state index in [1.165, 1.54) is 18.2 Å². The molecule has 0 unspecified atom stereocenters. The fourth-order valence-electron chi connectivity index (χ4n) is 1.62. The predicted octanol–water partition coefficient (Wildman–Crippen LogP) is 2.63. The highest BCUT2D eigenvalue weighted by molar-refractivity contribution is 9.10. The number of anilines is 1. The third-order valence-corrected chi connectivity index (χ3v) is 4.75. The smallest absolute Gasteiger partial charge is 0.269 e. The normalized spacial score (nSPS) is 11.1. The number of nitro benzene ring substituents is 1. The highest BCUT2D eigenvalue weighted by Crippen LogP contribution is 2.25. The Bertz CT molecular complexity index is 791. The first kappa shape index (κ1) is 15.4. The summed E-state index contributed by atoms with van der Waals surface area (Å²) in [4.78, 5) is 13.9. The molecule has 1 N–H and O–H groups in total. The summed E-state index contributed by atoms with van der Waals surface area (Å²) in [6.45, 7) is 0. The SMILES string of the molecule is CNc1cc(Br)nc(S(=O)(=O)c2ccc([N+](=O)[O-])cc2)c1. The first-order valence-electron chi connectivity index (χ1n) is 5.69. The van der Waals surface area contributed by atoms with Crippen LogP contribution in [0.3, 0.4) is 0 Å². The monoisotopic (exact) mass is 371 g/mol. The molecule has 1 aromatic carbocycles. The number of nitro groups is 1. The summed E-state index contributed by atoms with van der Waals surface area (Å²) >= 11 is 3.14. The zero-order chi connectivity index (χ0) is 15.6. The number of non-ortho nitro benzene ring substituents is 1. The van der Waals surface area contributed by atoms with Crippen LogP contribution >= 0.6 is 15.9 Å². The molecule has 0 saturated heterocycles. The summed E-state index contributed by atoms with van der Waals surface area (Å²) < 4.78 is 25.3. The van der Waals surface area contributed by atoms with Gasteiger partial charge in [0.15, 0.2) is 5.03 Å². The molecule has 2 rings (SSSR count). The summed E-state index contributed by atoms with van der Waals surface area (Å²) in [6, 6.07) is 7.69. The molecule has 0 atom stereocenters. The second kappa shape index (κ2) is 5.78. The van der Waals surface area contributed by atoms with Crippen LogP contribution in [0, 0.1) is 10.1 Å². The van der Waals surface area contributed by atoms with Gasteiger partial charge in [0.05, 0.1) is 9.82 Å². The minimum absolute atomic E-state index is 0.0549. The van der Waals surface area contributed by atoms with Gasteiger partial charge in [-0.05, 0) is 40.2 Å². The van der Waals surface area contributed by atoms with E-state index < -0.39 is 14.8 Å². The molecule has 1 heterocycles. The average Bonchev–Trinajstić information content (AvgIpc) is 2.46. The molecule has 0 saturated carbocycles. The Morgan fingerprint density at radius 1 is 1.24 bits per heavy atom. The van der Waals surface area contributed by atoms with Crippen molar-refractivity contribution in [1.29, 1.82) is 0 Å². The first-order valence-corrected chi connectivity index (χ1v) is 7.97. The summed E-state index contributed by atoms with van der Waals surface area (Å²) in [7, 11) is -2.18. The second-order valence-electron chi connectivity index (χ2n) is 4.02. The molecule has 2 aromatic rings. The molecule has 0 spiro atoms. The van der Waals surface area contributed by atoms with E-state index in [1.54, 1.807) is 13.1 Å². The van der Waals surface area contributed by atoms with Gasteiger partial charge in [0.25, 0.3) is 5.69 Å². The van der Waals surface area contributed by atoms with Crippen LogP contribution < -0.4 is 5.32 Å². The molecule has 0 aliphatic carbocycles. The van der Waals surface area contributed by atoms with Crippen LogP contribution in [0.1, 0.15) is 0 Å². The minimum atomic E-state index is -3.84. The second-order valence-corrected chi connectivity index (χ2v) is 6.73. The van der Waals surface area contributed by atoms with Crippen LogP contribution in [0.4, 0.5) is 11.4 Å². The molecule has 0 aliphatic heterocycles. The van der Waals surface area contributed by atoms with E-state index in [1.807, 2.05) is 0 Å². The Labute approximate surface area is 129 Å². The number of aromatic nitrogens is 1. The van der Waals surface area contributed by atoms with E-state index in [0.29, 0.717) is 10.3 Å². The first-order chi connectivity index (χ1) is 9.84. The summed E-state index contributed by atoms with van der Waals surface area (Å²) in [5, 5.41) is 13.3. The number of nitrogens with one attached hydrogen (secondary N) is 1. The lowest BCUT2D eigenvalue weighted by atomic mass is 10.3. The van der Waals surface area contributed by atoms with Crippen LogP contribution in [-0.2, 0) is 9.84 Å². The third-order valence-electron chi connectivity index (χ3n) is 2.69. The van der Waals surface area contributed by atoms with E-state index in [4.69, 9.17) is 0 Å². The van der Waals surface area contributed by atoms with Gasteiger partial charge in [0.2, 0.25) is 9.84 Å². The zero-order valence-corrected chi connectivity index (χ0v) is 13.2. The summed E-state index contributed by atoms with van der Waals surface area (Å²) in [5.41, 5.74) is 0.407. The molecule has 0 aliphatic rings. The summed E-state index contributed by atoms with van der Waals surface area (Å²) in [5.74, 6) is 0. The van der Waals surface area contributed by atoms with Gasteiger partial charge in [-0.3, -0.25) is 10.1 Å². The topological polar surface area (TPSA) is 102 Å². The molecule has 0 amide bonds. The molecule has 110 valence electrons. The van der Waals surface area contributed by atoms with Crippen molar-refractivity contribution in [3.05, 3.63) is 51.1 Å². The number of pyridine rings is 1. The fraction of sp³-hybridized carbons (Fsp3) is 0.0833. The highest BCUT2D eigenvalue weighted by Gasteiger charge is 2.21. The van der Waals surface area contributed by atoms with Crippen molar-refractivity contribution in [1.82, 2.24) is 4.98 Å². The quantitative estimate of drug-likeness (QED) is 0.503. The lowest BCUT2D eigenvalue weighted by molar-refractivity contribution is -0.384. The number of rotatable bonds is 4. The Kier molecular flexibility index (Phi) is 4.24. The number of hydrogen-bond donors (Lipinski definition) is 1. The number of halogens is 1. The lowest BCUT2D eigenvalue weighted by Gasteiger charge is -2.07. The lowest BCUT2D eigenvalue weighted by Crippen LogP contribution is -2.06. The molecule has 7 nitrogen and oxygen atoms in total. The predicted molar refractivity (Wildman–Crippen MR) is 80.0 cm³/mol. The minimum Gasteiger partial charge on any atom is -0.388 e. The zero-order valence-electron chi connectivity index (χ0n) is 10.8. The molecule has 0 bridgehead atoms. The number of nitrogens with zero attached hydrogens (tertiary/aromatic N) is 2. The molecule has 21 heavy (non-hydrogen) atoms. The van der Waals surface area contributed by atoms with Gasteiger partial charge < -0.3 is 5.32 Å². The molecule has 0 fully saturated rings. The summed E-state index contributed by atoms with van der Waals surface area (Å²) in [6.07, 6.45) is 0. The van der Waals surface area contributed by atoms with Crippen molar-refractivity contribution < 1.29 is 13.3 Å². The molecule has 0 radical (unpaired) electrons. The molecule has 9 heteroatoms. The van der Waals surface area contributed by atoms with Gasteiger partial charge in [-0.1, -0.05) is 0 Å². The van der Waals surface area contributed by atoms with Gasteiger partial charge >= 0.3 is 0 Å². The van der Waals surface area contributed by atoms with E-state index in [-0.39, 0.29) is 15.6 Å². The fourth-order valence-corrected chi connectivity index (χ4v) is 3.41. The Balaban J connectivity index is 2.51. The maximum absolute atomic E-state index is 12.5. The Hall–Kier alpha value is -2.00. The molecule has 1 aromatic heterocycles. The van der Waals surface area contributed by atoms with Crippen molar-refractivity contribution >= 4 is 37.1 Å². The maximum atomic E-state index is 12.5. The third kappa shape index (κ3) is 3.19. The molecular formula is C12H10BrN3O4S. The van der Waals surface area contributed by atoms with Crippen molar-refractivity contribution in [3.8, 4) is 0 Å². The maximum Gasteiger partial charge on any atom is 0.269 e. The van der Waals surface area contributed by atoms with Gasteiger partial charge in [-0.15, -0.1) is 0 Å². The number of hydrogen-bond acceptors (Lipinski definition) is 6. The van der Waals surface area contributed by atoms with Crippen molar-refractivity contribution in [2.75, 3.05) is 12.4 Å². The van der Waals surface area contributed by atoms with Crippen LogP contribution in [0.15, 0.2) is 50.9 Å². The Morgan fingerprint density at radius 2 is 1.86 bits per heavy atom. The van der Waals surface area contributed by atoms with Crippen LogP contribution in [0.25, 0.3) is 0 Å². The van der Waals surface area contributed by atoms with Gasteiger partial charge in [0.1, 0.15) is 4.60 Å². The van der Waals surface area contributed by atoms with E-state index in [2.05, 4.69) is 26.2 Å². The van der Waals surface area contributed by atoms with Crippen molar-refractivity contribution in [2.24, 2.45) is 0 Å². The van der Waals surface area contributed by atoms with Gasteiger partial charge in [-0.25, -0.2) is 13.4 Å². The number of benzene rings is 1. The van der Waals surface area contributed by atoms with Crippen LogP contribution in [0.5, 0.6) is 0 Å². The highest BCUT2D eigenvalue weighted by atomic mass is 79.9. The average molecular weight is 372 g/mol.